The van der Waals surface area contributed by atoms with E-state index in [-0.39, 0.29) is 5.92 Å². The van der Waals surface area contributed by atoms with Crippen LogP contribution in [0.1, 0.15) is 12.8 Å². The molecule has 0 aromatic carbocycles. The summed E-state index contributed by atoms with van der Waals surface area (Å²) >= 11 is 0. The molecule has 0 bridgehead atoms. The fourth-order valence-electron chi connectivity index (χ4n) is 0.894. The van der Waals surface area contributed by atoms with Crippen molar-refractivity contribution in [2.75, 3.05) is 7.11 Å². The third-order valence-electron chi connectivity index (χ3n) is 1.55. The molecule has 0 aromatic heterocycles. The monoisotopic (exact) mass is 130 g/mol. The smallest absolute Gasteiger partial charge is 0.333 e. The first-order chi connectivity index (χ1) is 4.25. The van der Waals surface area contributed by atoms with Crippen molar-refractivity contribution in [1.29, 1.82) is 0 Å². The van der Waals surface area contributed by atoms with Gasteiger partial charge in [-0.25, -0.2) is 4.79 Å². The fraction of sp³-hybridized carbons (Fsp3) is 0.833. The quantitative estimate of drug-likeness (QED) is 0.605. The van der Waals surface area contributed by atoms with E-state index < -0.39 is 12.1 Å². The summed E-state index contributed by atoms with van der Waals surface area (Å²) in [4.78, 5) is 10.3. The Morgan fingerprint density at radius 2 is 2.33 bits per heavy atom. The SMILES string of the molecule is CO[C@H](C(=O)O)C1CC1. The Kier molecular flexibility index (Phi) is 1.71. The van der Waals surface area contributed by atoms with Gasteiger partial charge in [0.05, 0.1) is 0 Å². The first-order valence-corrected chi connectivity index (χ1v) is 3.01. The molecule has 1 aliphatic carbocycles. The van der Waals surface area contributed by atoms with Crippen LogP contribution in [0.25, 0.3) is 0 Å². The minimum Gasteiger partial charge on any atom is -0.479 e. The van der Waals surface area contributed by atoms with Crippen molar-refractivity contribution in [3.63, 3.8) is 0 Å². The first kappa shape index (κ1) is 6.55. The van der Waals surface area contributed by atoms with Crippen LogP contribution in [0, 0.1) is 5.92 Å². The van der Waals surface area contributed by atoms with Crippen LogP contribution < -0.4 is 0 Å². The molecule has 3 heteroatoms. The van der Waals surface area contributed by atoms with Crippen LogP contribution in [0.4, 0.5) is 0 Å². The zero-order valence-electron chi connectivity index (χ0n) is 5.33. The van der Waals surface area contributed by atoms with Crippen LogP contribution in [0.2, 0.25) is 0 Å². The van der Waals surface area contributed by atoms with Gasteiger partial charge in [0.15, 0.2) is 6.10 Å². The van der Waals surface area contributed by atoms with Crippen molar-refractivity contribution in [2.24, 2.45) is 5.92 Å². The summed E-state index contributed by atoms with van der Waals surface area (Å²) in [6.45, 7) is 0. The second kappa shape index (κ2) is 2.35. The molecular weight excluding hydrogens is 120 g/mol. The van der Waals surface area contributed by atoms with Gasteiger partial charge in [-0.1, -0.05) is 0 Å². The maximum absolute atomic E-state index is 10.3. The van der Waals surface area contributed by atoms with E-state index in [1.165, 1.54) is 7.11 Å². The number of carboxylic acid groups (broad SMARTS) is 1. The molecule has 9 heavy (non-hydrogen) atoms. The van der Waals surface area contributed by atoms with Gasteiger partial charge in [-0.2, -0.15) is 0 Å². The number of hydrogen-bond donors (Lipinski definition) is 1. The zero-order valence-corrected chi connectivity index (χ0v) is 5.33. The molecule has 1 atom stereocenters. The summed E-state index contributed by atoms with van der Waals surface area (Å²) in [5.74, 6) is -0.549. The van der Waals surface area contributed by atoms with Gasteiger partial charge in [-0.3, -0.25) is 0 Å². The molecule has 0 unspecified atom stereocenters. The van der Waals surface area contributed by atoms with E-state index in [0.29, 0.717) is 0 Å². The number of aliphatic carboxylic acids is 1. The third kappa shape index (κ3) is 1.42. The lowest BCUT2D eigenvalue weighted by atomic mass is 10.2. The van der Waals surface area contributed by atoms with Gasteiger partial charge in [0.2, 0.25) is 0 Å². The second-order valence-corrected chi connectivity index (χ2v) is 2.33. The van der Waals surface area contributed by atoms with E-state index in [1.807, 2.05) is 0 Å². The topological polar surface area (TPSA) is 46.5 Å². The van der Waals surface area contributed by atoms with Crippen molar-refractivity contribution in [3.05, 3.63) is 0 Å². The average molecular weight is 130 g/mol. The van der Waals surface area contributed by atoms with Gasteiger partial charge >= 0.3 is 5.97 Å². The minimum atomic E-state index is -0.833. The molecule has 0 spiro atoms. The minimum absolute atomic E-state index is 0.285. The highest BCUT2D eigenvalue weighted by Crippen LogP contribution is 2.33. The number of hydrogen-bond acceptors (Lipinski definition) is 2. The summed E-state index contributed by atoms with van der Waals surface area (Å²) in [7, 11) is 1.44. The lowest BCUT2D eigenvalue weighted by Crippen LogP contribution is -2.24. The van der Waals surface area contributed by atoms with E-state index in [4.69, 9.17) is 9.84 Å². The maximum Gasteiger partial charge on any atom is 0.333 e. The van der Waals surface area contributed by atoms with Crippen molar-refractivity contribution < 1.29 is 14.6 Å². The van der Waals surface area contributed by atoms with Crippen molar-refractivity contribution in [3.8, 4) is 0 Å². The molecule has 1 N–H and O–H groups in total. The lowest BCUT2D eigenvalue weighted by Gasteiger charge is -2.06. The molecule has 1 fully saturated rings. The van der Waals surface area contributed by atoms with Crippen molar-refractivity contribution in [2.45, 2.75) is 18.9 Å². The van der Waals surface area contributed by atoms with E-state index in [1.54, 1.807) is 0 Å². The fourth-order valence-corrected chi connectivity index (χ4v) is 0.894. The van der Waals surface area contributed by atoms with Crippen LogP contribution >= 0.6 is 0 Å². The van der Waals surface area contributed by atoms with Crippen LogP contribution in [0.15, 0.2) is 0 Å². The molecule has 0 aliphatic heterocycles. The molecule has 0 amide bonds. The highest BCUT2D eigenvalue weighted by Gasteiger charge is 2.36. The number of ether oxygens (including phenoxy) is 1. The average Bonchev–Trinajstić information content (AvgIpc) is 2.50. The normalized spacial score (nSPS) is 21.4. The second-order valence-electron chi connectivity index (χ2n) is 2.33. The third-order valence-corrected chi connectivity index (χ3v) is 1.55. The molecule has 1 saturated carbocycles. The van der Waals surface area contributed by atoms with Gasteiger partial charge in [-0.05, 0) is 18.8 Å². The first-order valence-electron chi connectivity index (χ1n) is 3.01. The largest absolute Gasteiger partial charge is 0.479 e. The molecule has 3 nitrogen and oxygen atoms in total. The molecule has 0 aromatic rings. The van der Waals surface area contributed by atoms with Crippen LogP contribution in [0.3, 0.4) is 0 Å². The van der Waals surface area contributed by atoms with Gasteiger partial charge < -0.3 is 9.84 Å². The van der Waals surface area contributed by atoms with Gasteiger partial charge in [0.25, 0.3) is 0 Å². The molecule has 0 saturated heterocycles. The summed E-state index contributed by atoms with van der Waals surface area (Å²) in [6.07, 6.45) is 1.46. The Hall–Kier alpha value is -0.570. The predicted octanol–water partition coefficient (Wildman–Crippen LogP) is 0.496. The van der Waals surface area contributed by atoms with Gasteiger partial charge in [0.1, 0.15) is 0 Å². The molecular formula is C6H10O3. The summed E-state index contributed by atoms with van der Waals surface area (Å²) in [6, 6.07) is 0. The Labute approximate surface area is 53.6 Å². The number of carbonyl (C=O) groups is 1. The van der Waals surface area contributed by atoms with Crippen molar-refractivity contribution >= 4 is 5.97 Å². The molecule has 52 valence electrons. The van der Waals surface area contributed by atoms with E-state index in [0.717, 1.165) is 12.8 Å². The zero-order chi connectivity index (χ0) is 6.85. The number of carboxylic acids is 1. The van der Waals surface area contributed by atoms with Gasteiger partial charge in [-0.15, -0.1) is 0 Å². The molecule has 1 aliphatic rings. The Morgan fingerprint density at radius 3 is 2.44 bits per heavy atom. The molecule has 1 rings (SSSR count). The Balaban J connectivity index is 2.37. The maximum atomic E-state index is 10.3. The Morgan fingerprint density at radius 1 is 1.78 bits per heavy atom. The van der Waals surface area contributed by atoms with Crippen molar-refractivity contribution in [1.82, 2.24) is 0 Å². The highest BCUT2D eigenvalue weighted by molar-refractivity contribution is 5.73. The van der Waals surface area contributed by atoms with E-state index in [9.17, 15) is 4.79 Å². The standard InChI is InChI=1S/C6H10O3/c1-9-5(6(7)8)4-2-3-4/h4-5H,2-3H2,1H3,(H,7,8)/t5-/m0/s1. The van der Waals surface area contributed by atoms with Crippen LogP contribution in [0.5, 0.6) is 0 Å². The highest BCUT2D eigenvalue weighted by atomic mass is 16.5. The Bertz CT molecular complexity index is 117. The number of rotatable bonds is 3. The van der Waals surface area contributed by atoms with Gasteiger partial charge in [0, 0.05) is 7.11 Å². The number of methoxy groups -OCH3 is 1. The summed E-state index contributed by atoms with van der Waals surface area (Å²) < 4.78 is 4.74. The van der Waals surface area contributed by atoms with Crippen LogP contribution in [-0.2, 0) is 9.53 Å². The predicted molar refractivity (Wildman–Crippen MR) is 31.2 cm³/mol. The lowest BCUT2D eigenvalue weighted by molar-refractivity contribution is -0.149. The van der Waals surface area contributed by atoms with Crippen LogP contribution in [-0.4, -0.2) is 24.3 Å². The molecule has 0 radical (unpaired) electrons. The summed E-state index contributed by atoms with van der Waals surface area (Å²) in [5.41, 5.74) is 0. The van der Waals surface area contributed by atoms with E-state index >= 15 is 0 Å². The molecule has 0 heterocycles. The van der Waals surface area contributed by atoms with E-state index in [2.05, 4.69) is 0 Å². The summed E-state index contributed by atoms with van der Waals surface area (Å²) in [5, 5.41) is 8.46.